The lowest BCUT2D eigenvalue weighted by Gasteiger charge is -2.30. The van der Waals surface area contributed by atoms with Crippen molar-refractivity contribution in [1.29, 1.82) is 0 Å². The first-order valence-electron chi connectivity index (χ1n) is 8.33. The number of amides is 1. The predicted octanol–water partition coefficient (Wildman–Crippen LogP) is 3.69. The van der Waals surface area contributed by atoms with Crippen molar-refractivity contribution in [2.24, 2.45) is 5.92 Å². The van der Waals surface area contributed by atoms with Crippen molar-refractivity contribution < 1.29 is 9.53 Å². The van der Waals surface area contributed by atoms with E-state index < -0.39 is 0 Å². The van der Waals surface area contributed by atoms with E-state index in [0.29, 0.717) is 10.9 Å². The zero-order chi connectivity index (χ0) is 15.4. The van der Waals surface area contributed by atoms with Crippen LogP contribution in [0.15, 0.2) is 24.3 Å². The normalized spacial score (nSPS) is 24.1. The highest BCUT2D eigenvalue weighted by atomic mass is 35.5. The molecule has 0 spiro atoms. The number of rotatable bonds is 4. The monoisotopic (exact) mass is 321 g/mol. The van der Waals surface area contributed by atoms with Crippen LogP contribution < -0.4 is 5.32 Å². The average molecular weight is 322 g/mol. The van der Waals surface area contributed by atoms with Gasteiger partial charge in [0.1, 0.15) is 0 Å². The molecule has 1 saturated carbocycles. The standard InChI is InChI=1S/C18H24ClNO2/c19-16-7-3-6-15(11-16)18(8-1-2-9-18)17(21)20-12-14-5-4-10-22-13-14/h3,6-7,11,14H,1-2,4-5,8-10,12-13H2,(H,20,21). The van der Waals surface area contributed by atoms with E-state index in [0.717, 1.165) is 63.8 Å². The Hall–Kier alpha value is -1.06. The molecule has 3 rings (SSSR count). The van der Waals surface area contributed by atoms with Gasteiger partial charge < -0.3 is 10.1 Å². The summed E-state index contributed by atoms with van der Waals surface area (Å²) in [6.07, 6.45) is 6.28. The smallest absolute Gasteiger partial charge is 0.230 e. The van der Waals surface area contributed by atoms with E-state index in [1.165, 1.54) is 0 Å². The number of benzene rings is 1. The largest absolute Gasteiger partial charge is 0.381 e. The second-order valence-electron chi connectivity index (χ2n) is 6.59. The minimum atomic E-state index is -0.388. The van der Waals surface area contributed by atoms with Crippen LogP contribution in [0.2, 0.25) is 5.02 Å². The lowest BCUT2D eigenvalue weighted by atomic mass is 9.78. The van der Waals surface area contributed by atoms with Crippen molar-refractivity contribution in [3.8, 4) is 0 Å². The van der Waals surface area contributed by atoms with E-state index in [1.807, 2.05) is 24.3 Å². The first-order valence-corrected chi connectivity index (χ1v) is 8.71. The molecule has 0 aromatic heterocycles. The fourth-order valence-corrected chi connectivity index (χ4v) is 3.98. The highest BCUT2D eigenvalue weighted by Gasteiger charge is 2.42. The van der Waals surface area contributed by atoms with Crippen molar-refractivity contribution in [3.63, 3.8) is 0 Å². The number of carbonyl (C=O) groups excluding carboxylic acids is 1. The van der Waals surface area contributed by atoms with Crippen LogP contribution >= 0.6 is 11.6 Å². The number of ether oxygens (including phenoxy) is 1. The number of hydrogen-bond donors (Lipinski definition) is 1. The van der Waals surface area contributed by atoms with Gasteiger partial charge in [-0.2, -0.15) is 0 Å². The third kappa shape index (κ3) is 3.31. The van der Waals surface area contributed by atoms with Crippen molar-refractivity contribution in [1.82, 2.24) is 5.32 Å². The summed E-state index contributed by atoms with van der Waals surface area (Å²) in [5.74, 6) is 0.619. The number of halogens is 1. The third-order valence-electron chi connectivity index (χ3n) is 5.07. The van der Waals surface area contributed by atoms with E-state index in [9.17, 15) is 4.79 Å². The SMILES string of the molecule is O=C(NCC1CCCOC1)C1(c2cccc(Cl)c2)CCCC1. The maximum absolute atomic E-state index is 12.9. The second kappa shape index (κ2) is 7.01. The third-order valence-corrected chi connectivity index (χ3v) is 5.31. The van der Waals surface area contributed by atoms with E-state index in [2.05, 4.69) is 5.32 Å². The molecule has 120 valence electrons. The van der Waals surface area contributed by atoms with Crippen molar-refractivity contribution in [2.75, 3.05) is 19.8 Å². The van der Waals surface area contributed by atoms with Gasteiger partial charge in [-0.05, 0) is 49.3 Å². The van der Waals surface area contributed by atoms with Gasteiger partial charge in [0.15, 0.2) is 0 Å². The van der Waals surface area contributed by atoms with Gasteiger partial charge in [-0.15, -0.1) is 0 Å². The fourth-order valence-electron chi connectivity index (χ4n) is 3.79. The predicted molar refractivity (Wildman–Crippen MR) is 88.2 cm³/mol. The van der Waals surface area contributed by atoms with Gasteiger partial charge in [0.25, 0.3) is 0 Å². The van der Waals surface area contributed by atoms with Crippen molar-refractivity contribution in [3.05, 3.63) is 34.9 Å². The Morgan fingerprint density at radius 3 is 2.82 bits per heavy atom. The topological polar surface area (TPSA) is 38.3 Å². The summed E-state index contributed by atoms with van der Waals surface area (Å²) in [5, 5.41) is 3.90. The van der Waals surface area contributed by atoms with Crippen molar-refractivity contribution >= 4 is 17.5 Å². The lowest BCUT2D eigenvalue weighted by Crippen LogP contribution is -2.45. The maximum atomic E-state index is 12.9. The first kappa shape index (κ1) is 15.8. The van der Waals surface area contributed by atoms with Crippen LogP contribution in [0, 0.1) is 5.92 Å². The van der Waals surface area contributed by atoms with Crippen LogP contribution in [0.5, 0.6) is 0 Å². The lowest BCUT2D eigenvalue weighted by molar-refractivity contribution is -0.127. The summed E-state index contributed by atoms with van der Waals surface area (Å²) >= 11 is 6.14. The molecule has 1 atom stereocenters. The summed E-state index contributed by atoms with van der Waals surface area (Å²) < 4.78 is 5.50. The quantitative estimate of drug-likeness (QED) is 0.918. The highest BCUT2D eigenvalue weighted by molar-refractivity contribution is 6.30. The molecule has 1 aromatic rings. The van der Waals surface area contributed by atoms with Gasteiger partial charge in [0.2, 0.25) is 5.91 Å². The highest BCUT2D eigenvalue weighted by Crippen LogP contribution is 2.42. The minimum absolute atomic E-state index is 0.165. The van der Waals surface area contributed by atoms with Crippen LogP contribution in [0.3, 0.4) is 0 Å². The summed E-state index contributed by atoms with van der Waals surface area (Å²) in [5.41, 5.74) is 0.676. The number of carbonyl (C=O) groups is 1. The molecule has 3 nitrogen and oxygen atoms in total. The van der Waals surface area contributed by atoms with Crippen LogP contribution in [0.4, 0.5) is 0 Å². The zero-order valence-corrected chi connectivity index (χ0v) is 13.7. The average Bonchev–Trinajstić information content (AvgIpc) is 3.05. The number of hydrogen-bond acceptors (Lipinski definition) is 2. The maximum Gasteiger partial charge on any atom is 0.230 e. The Kier molecular flexibility index (Phi) is 5.04. The van der Waals surface area contributed by atoms with E-state index >= 15 is 0 Å². The van der Waals surface area contributed by atoms with Crippen LogP contribution in [-0.4, -0.2) is 25.7 Å². The molecule has 1 amide bonds. The molecular weight excluding hydrogens is 298 g/mol. The number of nitrogens with one attached hydrogen (secondary N) is 1. The molecule has 2 fully saturated rings. The van der Waals surface area contributed by atoms with Crippen LogP contribution in [0.1, 0.15) is 44.1 Å². The zero-order valence-electron chi connectivity index (χ0n) is 12.9. The molecule has 1 aliphatic heterocycles. The molecule has 1 unspecified atom stereocenters. The van der Waals surface area contributed by atoms with E-state index in [4.69, 9.17) is 16.3 Å². The summed E-state index contributed by atoms with van der Waals surface area (Å²) in [6.45, 7) is 2.35. The Morgan fingerprint density at radius 2 is 2.14 bits per heavy atom. The molecule has 1 aliphatic carbocycles. The molecular formula is C18H24ClNO2. The fraction of sp³-hybridized carbons (Fsp3) is 0.611. The molecule has 0 bridgehead atoms. The molecule has 0 radical (unpaired) electrons. The van der Waals surface area contributed by atoms with E-state index in [-0.39, 0.29) is 11.3 Å². The summed E-state index contributed by atoms with van der Waals surface area (Å²) in [6, 6.07) is 7.81. The molecule has 1 N–H and O–H groups in total. The van der Waals surface area contributed by atoms with Gasteiger partial charge in [-0.3, -0.25) is 4.79 Å². The van der Waals surface area contributed by atoms with Gasteiger partial charge in [-0.25, -0.2) is 0 Å². The molecule has 2 aliphatic rings. The Bertz CT molecular complexity index is 520. The van der Waals surface area contributed by atoms with Gasteiger partial charge in [-0.1, -0.05) is 36.6 Å². The Morgan fingerprint density at radius 1 is 1.32 bits per heavy atom. The molecule has 4 heteroatoms. The first-order chi connectivity index (χ1) is 10.7. The van der Waals surface area contributed by atoms with Crippen molar-refractivity contribution in [2.45, 2.75) is 43.9 Å². The Labute approximate surface area is 137 Å². The molecule has 22 heavy (non-hydrogen) atoms. The van der Waals surface area contributed by atoms with Gasteiger partial charge in [0.05, 0.1) is 12.0 Å². The van der Waals surface area contributed by atoms with Crippen LogP contribution in [0.25, 0.3) is 0 Å². The molecule has 1 saturated heterocycles. The van der Waals surface area contributed by atoms with Gasteiger partial charge >= 0.3 is 0 Å². The second-order valence-corrected chi connectivity index (χ2v) is 7.03. The minimum Gasteiger partial charge on any atom is -0.381 e. The molecule has 1 aromatic carbocycles. The van der Waals surface area contributed by atoms with E-state index in [1.54, 1.807) is 0 Å². The molecule has 1 heterocycles. The van der Waals surface area contributed by atoms with Gasteiger partial charge in [0, 0.05) is 18.2 Å². The Balaban J connectivity index is 1.71. The van der Waals surface area contributed by atoms with Crippen LogP contribution in [-0.2, 0) is 14.9 Å². The summed E-state index contributed by atoms with van der Waals surface area (Å²) in [4.78, 5) is 12.9. The summed E-state index contributed by atoms with van der Waals surface area (Å²) in [7, 11) is 0.